The highest BCUT2D eigenvalue weighted by atomic mass is 19.1. The van der Waals surface area contributed by atoms with E-state index in [0.29, 0.717) is 24.1 Å². The van der Waals surface area contributed by atoms with E-state index in [1.807, 2.05) is 6.07 Å². The minimum atomic E-state index is -0.671. The molecular formula is C28H39FN4O3. The Morgan fingerprint density at radius 2 is 1.75 bits per heavy atom. The lowest BCUT2D eigenvalue weighted by atomic mass is 9.87. The van der Waals surface area contributed by atoms with Crippen LogP contribution in [0.3, 0.4) is 0 Å². The first-order valence-corrected chi connectivity index (χ1v) is 13.9. The number of piperidine rings is 2. The maximum absolute atomic E-state index is 15.1. The van der Waals surface area contributed by atoms with Gasteiger partial charge in [-0.3, -0.25) is 19.7 Å². The fourth-order valence-electron chi connectivity index (χ4n) is 6.46. The summed E-state index contributed by atoms with van der Waals surface area (Å²) in [7, 11) is 0. The summed E-state index contributed by atoms with van der Waals surface area (Å²) in [5.74, 6) is -1.24. The number of likely N-dealkylation sites (tertiary alicyclic amines) is 1. The summed E-state index contributed by atoms with van der Waals surface area (Å²) < 4.78 is 15.1. The van der Waals surface area contributed by atoms with Gasteiger partial charge in [-0.2, -0.15) is 0 Å². The molecule has 2 N–H and O–H groups in total. The quantitative estimate of drug-likeness (QED) is 0.424. The molecule has 7 nitrogen and oxygen atoms in total. The van der Waals surface area contributed by atoms with Crippen molar-refractivity contribution >= 4 is 17.7 Å². The Morgan fingerprint density at radius 3 is 2.50 bits per heavy atom. The number of hydrogen-bond donors (Lipinski definition) is 2. The van der Waals surface area contributed by atoms with Crippen LogP contribution in [0.25, 0.3) is 0 Å². The molecule has 2 saturated heterocycles. The van der Waals surface area contributed by atoms with Gasteiger partial charge >= 0.3 is 0 Å². The molecule has 3 amide bonds. The van der Waals surface area contributed by atoms with Gasteiger partial charge in [-0.1, -0.05) is 25.3 Å². The SMILES string of the molecule is O=C1CCC(N2Cc3cc(C4CCN(CCCCNC5CCCCC5)CC4)c(F)cc3C2=O)C(=O)N1. The molecule has 0 bridgehead atoms. The van der Waals surface area contributed by atoms with Crippen LogP contribution in [-0.2, 0) is 16.1 Å². The minimum absolute atomic E-state index is 0.152. The molecule has 0 radical (unpaired) electrons. The molecule has 0 aromatic heterocycles. The van der Waals surface area contributed by atoms with E-state index in [4.69, 9.17) is 0 Å². The lowest BCUT2D eigenvalue weighted by Gasteiger charge is -2.32. The van der Waals surface area contributed by atoms with Crippen molar-refractivity contribution in [3.8, 4) is 0 Å². The first kappa shape index (κ1) is 25.3. The van der Waals surface area contributed by atoms with Crippen molar-refractivity contribution in [2.45, 2.75) is 95.2 Å². The highest BCUT2D eigenvalue weighted by Gasteiger charge is 2.40. The fourth-order valence-corrected chi connectivity index (χ4v) is 6.46. The monoisotopic (exact) mass is 498 g/mol. The van der Waals surface area contributed by atoms with Crippen molar-refractivity contribution in [2.24, 2.45) is 0 Å². The third-order valence-electron chi connectivity index (χ3n) is 8.61. The van der Waals surface area contributed by atoms with Crippen molar-refractivity contribution < 1.29 is 18.8 Å². The second-order valence-electron chi connectivity index (χ2n) is 11.0. The molecule has 1 aliphatic carbocycles. The van der Waals surface area contributed by atoms with Crippen LogP contribution in [0.4, 0.5) is 4.39 Å². The zero-order valence-corrected chi connectivity index (χ0v) is 21.2. The van der Waals surface area contributed by atoms with Crippen molar-refractivity contribution in [2.75, 3.05) is 26.2 Å². The molecule has 3 aliphatic heterocycles. The maximum Gasteiger partial charge on any atom is 0.255 e. The number of carbonyl (C=O) groups is 3. The molecule has 1 atom stereocenters. The first-order chi connectivity index (χ1) is 17.5. The van der Waals surface area contributed by atoms with Crippen LogP contribution in [0, 0.1) is 5.82 Å². The zero-order valence-electron chi connectivity index (χ0n) is 21.2. The number of unbranched alkanes of at least 4 members (excludes halogenated alkanes) is 1. The van der Waals surface area contributed by atoms with Gasteiger partial charge in [0.2, 0.25) is 11.8 Å². The van der Waals surface area contributed by atoms with Crippen molar-refractivity contribution in [3.05, 3.63) is 34.6 Å². The van der Waals surface area contributed by atoms with Crippen LogP contribution in [-0.4, -0.2) is 65.8 Å². The molecule has 8 heteroatoms. The molecule has 196 valence electrons. The number of imide groups is 1. The molecule has 1 aromatic rings. The van der Waals surface area contributed by atoms with Gasteiger partial charge in [0.05, 0.1) is 0 Å². The first-order valence-electron chi connectivity index (χ1n) is 13.9. The minimum Gasteiger partial charge on any atom is -0.322 e. The van der Waals surface area contributed by atoms with Gasteiger partial charge in [-0.25, -0.2) is 4.39 Å². The molecule has 3 heterocycles. The Labute approximate surface area is 213 Å². The van der Waals surface area contributed by atoms with Gasteiger partial charge in [0.15, 0.2) is 0 Å². The topological polar surface area (TPSA) is 81.8 Å². The zero-order chi connectivity index (χ0) is 25.1. The predicted molar refractivity (Wildman–Crippen MR) is 135 cm³/mol. The van der Waals surface area contributed by atoms with Crippen LogP contribution in [0.15, 0.2) is 12.1 Å². The Morgan fingerprint density at radius 1 is 0.972 bits per heavy atom. The second-order valence-corrected chi connectivity index (χ2v) is 11.0. The summed E-state index contributed by atoms with van der Waals surface area (Å²) in [5, 5.41) is 6.04. The van der Waals surface area contributed by atoms with E-state index in [0.717, 1.165) is 50.6 Å². The summed E-state index contributed by atoms with van der Waals surface area (Å²) >= 11 is 0. The van der Waals surface area contributed by atoms with Gasteiger partial charge in [-0.05, 0) is 94.2 Å². The predicted octanol–water partition coefficient (Wildman–Crippen LogP) is 3.47. The van der Waals surface area contributed by atoms with Crippen LogP contribution in [0.1, 0.15) is 98.0 Å². The maximum atomic E-state index is 15.1. The van der Waals surface area contributed by atoms with Crippen LogP contribution in [0.5, 0.6) is 0 Å². The molecule has 1 aromatic carbocycles. The Bertz CT molecular complexity index is 985. The molecule has 36 heavy (non-hydrogen) atoms. The van der Waals surface area contributed by atoms with E-state index in [1.54, 1.807) is 0 Å². The largest absolute Gasteiger partial charge is 0.322 e. The van der Waals surface area contributed by atoms with E-state index < -0.39 is 11.9 Å². The summed E-state index contributed by atoms with van der Waals surface area (Å²) in [6.07, 6.45) is 11.5. The molecule has 3 fully saturated rings. The number of hydrogen-bond acceptors (Lipinski definition) is 5. The Kier molecular flexibility index (Phi) is 8.01. The molecule has 1 unspecified atom stereocenters. The number of benzene rings is 1. The average molecular weight is 499 g/mol. The Balaban J connectivity index is 1.10. The van der Waals surface area contributed by atoms with E-state index in [-0.39, 0.29) is 30.0 Å². The molecule has 1 saturated carbocycles. The highest BCUT2D eigenvalue weighted by molar-refractivity contribution is 6.05. The Hall–Kier alpha value is -2.32. The standard InChI is InChI=1S/C28H39FN4O3/c29-24-17-23-20(18-33(28(23)36)25-8-9-26(34)31-27(25)35)16-22(24)19-10-14-32(15-11-19)13-5-4-12-30-21-6-2-1-3-7-21/h16-17,19,21,25,30H,1-15,18H2,(H,31,34,35). The summed E-state index contributed by atoms with van der Waals surface area (Å²) in [5.41, 5.74) is 1.83. The third-order valence-corrected chi connectivity index (χ3v) is 8.61. The summed E-state index contributed by atoms with van der Waals surface area (Å²) in [6.45, 7) is 4.44. The van der Waals surface area contributed by atoms with Crippen molar-refractivity contribution in [3.63, 3.8) is 0 Å². The fraction of sp³-hybridized carbons (Fsp3) is 0.679. The average Bonchev–Trinajstić information content (AvgIpc) is 3.19. The van der Waals surface area contributed by atoms with Crippen LogP contribution >= 0.6 is 0 Å². The number of nitrogens with zero attached hydrogens (tertiary/aromatic N) is 2. The molecule has 5 rings (SSSR count). The molecular weight excluding hydrogens is 459 g/mol. The van der Waals surface area contributed by atoms with Gasteiger partial charge in [0.25, 0.3) is 5.91 Å². The third kappa shape index (κ3) is 5.65. The summed E-state index contributed by atoms with van der Waals surface area (Å²) in [4.78, 5) is 40.7. The lowest BCUT2D eigenvalue weighted by Crippen LogP contribution is -2.52. The van der Waals surface area contributed by atoms with E-state index >= 15 is 4.39 Å². The van der Waals surface area contributed by atoms with E-state index in [1.165, 1.54) is 55.9 Å². The van der Waals surface area contributed by atoms with Gasteiger partial charge < -0.3 is 15.1 Å². The van der Waals surface area contributed by atoms with Crippen LogP contribution in [0.2, 0.25) is 0 Å². The van der Waals surface area contributed by atoms with Crippen LogP contribution < -0.4 is 10.6 Å². The molecule has 0 spiro atoms. The summed E-state index contributed by atoms with van der Waals surface area (Å²) in [6, 6.07) is 3.27. The highest BCUT2D eigenvalue weighted by Crippen LogP contribution is 2.35. The number of amides is 3. The smallest absolute Gasteiger partial charge is 0.255 e. The number of carbonyl (C=O) groups excluding carboxylic acids is 3. The van der Waals surface area contributed by atoms with Gasteiger partial charge in [-0.15, -0.1) is 0 Å². The second kappa shape index (κ2) is 11.4. The number of fused-ring (bicyclic) bond motifs is 1. The van der Waals surface area contributed by atoms with Gasteiger partial charge in [0.1, 0.15) is 11.9 Å². The van der Waals surface area contributed by atoms with E-state index in [2.05, 4.69) is 15.5 Å². The normalized spacial score (nSPS) is 24.3. The number of nitrogens with one attached hydrogen (secondary N) is 2. The van der Waals surface area contributed by atoms with Crippen molar-refractivity contribution in [1.82, 2.24) is 20.4 Å². The van der Waals surface area contributed by atoms with Crippen molar-refractivity contribution in [1.29, 1.82) is 0 Å². The van der Waals surface area contributed by atoms with Gasteiger partial charge in [0, 0.05) is 24.6 Å². The lowest BCUT2D eigenvalue weighted by molar-refractivity contribution is -0.136. The van der Waals surface area contributed by atoms with E-state index in [9.17, 15) is 14.4 Å². The molecule has 4 aliphatic rings. The number of rotatable bonds is 8. The number of halogens is 1.